The number of hydrogen-bond donors (Lipinski definition) is 4. The largest absolute Gasteiger partial charge is 0.504 e. The summed E-state index contributed by atoms with van der Waals surface area (Å²) in [4.78, 5) is 24.2. The number of fused-ring (bicyclic) bond motifs is 2. The Morgan fingerprint density at radius 1 is 0.917 bits per heavy atom. The number of aromatic hydroxyl groups is 1. The molecule has 0 saturated carbocycles. The summed E-state index contributed by atoms with van der Waals surface area (Å²) in [5, 5.41) is 17.4. The maximum Gasteiger partial charge on any atom is 0.317 e. The minimum Gasteiger partial charge on any atom is -0.504 e. The van der Waals surface area contributed by atoms with Gasteiger partial charge in [-0.1, -0.05) is 60.7 Å². The Kier molecular flexibility index (Phi) is 6.14. The third kappa shape index (κ3) is 4.51. The smallest absolute Gasteiger partial charge is 0.317 e. The molecule has 2 heterocycles. The number of amides is 3. The number of aryl methyl sites for hydroxylation is 2. The maximum atomic E-state index is 12.8. The van der Waals surface area contributed by atoms with Gasteiger partial charge in [0.25, 0.3) is 5.91 Å². The molecule has 0 unspecified atom stereocenters. The second-order valence-electron chi connectivity index (χ2n) is 8.13. The number of furan rings is 2. The Morgan fingerprint density at radius 2 is 1.67 bits per heavy atom. The van der Waals surface area contributed by atoms with Crippen molar-refractivity contribution in [1.29, 1.82) is 0 Å². The van der Waals surface area contributed by atoms with E-state index in [1.54, 1.807) is 30.3 Å². The first-order valence-corrected chi connectivity index (χ1v) is 11.5. The number of carbonyl (C=O) groups excluding carboxylic acids is 2. The molecule has 180 valence electrons. The van der Waals surface area contributed by atoms with Crippen molar-refractivity contribution in [2.75, 3.05) is 5.32 Å². The fourth-order valence-corrected chi connectivity index (χ4v) is 4.38. The standard InChI is InChI=1S/C27H21N3O5S/c28-27(33)30-26(36)17-8-5-11-20-23(17)24(31)21(35-20)13-12-15-6-1-3-9-18(15)29-25(32)22-14-16-7-2-4-10-19(16)34-22/h1-11,14,31H,12-13H2,(H,29,32)(H3,28,30,33,36). The van der Waals surface area contributed by atoms with E-state index in [1.165, 1.54) is 0 Å². The van der Waals surface area contributed by atoms with Crippen LogP contribution < -0.4 is 16.4 Å². The van der Waals surface area contributed by atoms with Crippen LogP contribution in [-0.4, -0.2) is 22.0 Å². The van der Waals surface area contributed by atoms with Crippen molar-refractivity contribution in [2.45, 2.75) is 12.8 Å². The van der Waals surface area contributed by atoms with Gasteiger partial charge in [-0.3, -0.25) is 10.1 Å². The zero-order chi connectivity index (χ0) is 25.2. The molecule has 0 fully saturated rings. The Bertz CT molecular complexity index is 1600. The zero-order valence-electron chi connectivity index (χ0n) is 18.9. The van der Waals surface area contributed by atoms with Crippen LogP contribution in [0.25, 0.3) is 21.9 Å². The normalized spacial score (nSPS) is 11.0. The Balaban J connectivity index is 1.36. The third-order valence-electron chi connectivity index (χ3n) is 5.78. The molecular weight excluding hydrogens is 478 g/mol. The van der Waals surface area contributed by atoms with E-state index in [9.17, 15) is 14.7 Å². The molecule has 0 saturated heterocycles. The molecule has 0 aliphatic rings. The lowest BCUT2D eigenvalue weighted by atomic mass is 10.0. The summed E-state index contributed by atoms with van der Waals surface area (Å²) < 4.78 is 11.6. The van der Waals surface area contributed by atoms with Gasteiger partial charge in [0.15, 0.2) is 11.5 Å². The summed E-state index contributed by atoms with van der Waals surface area (Å²) >= 11 is 5.24. The van der Waals surface area contributed by atoms with Crippen molar-refractivity contribution in [3.05, 3.63) is 95.4 Å². The quantitative estimate of drug-likeness (QED) is 0.236. The molecule has 8 nitrogen and oxygen atoms in total. The first-order chi connectivity index (χ1) is 17.4. The molecule has 3 aromatic carbocycles. The van der Waals surface area contributed by atoms with Crippen LogP contribution in [0.1, 0.15) is 27.4 Å². The number of thiocarbonyl (C=S) groups is 1. The molecule has 0 bridgehead atoms. The molecule has 36 heavy (non-hydrogen) atoms. The minimum absolute atomic E-state index is 0.0574. The molecule has 0 aliphatic heterocycles. The van der Waals surface area contributed by atoms with Crippen molar-refractivity contribution in [3.8, 4) is 5.75 Å². The molecule has 9 heteroatoms. The van der Waals surface area contributed by atoms with E-state index in [1.807, 2.05) is 42.5 Å². The van der Waals surface area contributed by atoms with Crippen LogP contribution >= 0.6 is 12.2 Å². The number of carbonyl (C=O) groups is 2. The van der Waals surface area contributed by atoms with Crippen LogP contribution in [-0.2, 0) is 12.8 Å². The van der Waals surface area contributed by atoms with E-state index in [2.05, 4.69) is 10.6 Å². The summed E-state index contributed by atoms with van der Waals surface area (Å²) in [6, 6.07) is 20.8. The summed E-state index contributed by atoms with van der Waals surface area (Å²) in [6.07, 6.45) is 0.830. The monoisotopic (exact) mass is 499 g/mol. The van der Waals surface area contributed by atoms with Crippen molar-refractivity contribution in [3.63, 3.8) is 0 Å². The zero-order valence-corrected chi connectivity index (χ0v) is 19.7. The third-order valence-corrected chi connectivity index (χ3v) is 6.10. The fraction of sp³-hybridized carbons (Fsp3) is 0.0741. The van der Waals surface area contributed by atoms with Gasteiger partial charge in [-0.25, -0.2) is 4.79 Å². The van der Waals surface area contributed by atoms with Crippen molar-refractivity contribution >= 4 is 56.8 Å². The van der Waals surface area contributed by atoms with E-state index in [0.717, 1.165) is 10.9 Å². The van der Waals surface area contributed by atoms with Crippen molar-refractivity contribution in [2.24, 2.45) is 5.73 Å². The SMILES string of the molecule is NC(=O)NC(=S)c1cccc2oc(CCc3ccccc3NC(=O)c3cc4ccccc4o3)c(O)c12. The van der Waals surface area contributed by atoms with Crippen LogP contribution in [0.2, 0.25) is 0 Å². The van der Waals surface area contributed by atoms with Gasteiger partial charge in [0.1, 0.15) is 21.9 Å². The number of benzene rings is 3. The number of anilines is 1. The van der Waals surface area contributed by atoms with E-state index < -0.39 is 6.03 Å². The Labute approximate surface area is 210 Å². The molecule has 0 aliphatic carbocycles. The maximum absolute atomic E-state index is 12.8. The topological polar surface area (TPSA) is 131 Å². The number of para-hydroxylation sites is 2. The second kappa shape index (κ2) is 9.55. The highest BCUT2D eigenvalue weighted by Crippen LogP contribution is 2.36. The second-order valence-corrected chi connectivity index (χ2v) is 8.54. The first kappa shape index (κ1) is 23.1. The van der Waals surface area contributed by atoms with Gasteiger partial charge in [-0.15, -0.1) is 0 Å². The average molecular weight is 500 g/mol. The summed E-state index contributed by atoms with van der Waals surface area (Å²) in [5.74, 6) is 0.162. The molecule has 5 aromatic rings. The van der Waals surface area contributed by atoms with Crippen molar-refractivity contribution < 1.29 is 23.5 Å². The lowest BCUT2D eigenvalue weighted by molar-refractivity contribution is 0.0998. The Hall–Kier alpha value is -4.63. The summed E-state index contributed by atoms with van der Waals surface area (Å²) in [7, 11) is 0. The van der Waals surface area contributed by atoms with Crippen LogP contribution in [0, 0.1) is 0 Å². The number of hydrogen-bond acceptors (Lipinski definition) is 6. The van der Waals surface area contributed by atoms with Gasteiger partial charge in [0, 0.05) is 23.1 Å². The molecule has 0 atom stereocenters. The molecule has 3 amide bonds. The van der Waals surface area contributed by atoms with Crippen LogP contribution in [0.3, 0.4) is 0 Å². The van der Waals surface area contributed by atoms with Gasteiger partial charge < -0.3 is 25.0 Å². The molecule has 0 radical (unpaired) electrons. The van der Waals surface area contributed by atoms with Gasteiger partial charge in [-0.05, 0) is 36.2 Å². The molecule has 2 aromatic heterocycles. The number of primary amides is 1. The predicted molar refractivity (Wildman–Crippen MR) is 140 cm³/mol. The van der Waals surface area contributed by atoms with Gasteiger partial charge >= 0.3 is 6.03 Å². The van der Waals surface area contributed by atoms with E-state index in [0.29, 0.717) is 46.4 Å². The molecular formula is C27H21N3O5S. The highest BCUT2D eigenvalue weighted by Gasteiger charge is 2.20. The van der Waals surface area contributed by atoms with Gasteiger partial charge in [0.2, 0.25) is 0 Å². The van der Waals surface area contributed by atoms with Crippen LogP contribution in [0.5, 0.6) is 5.75 Å². The molecule has 5 N–H and O–H groups in total. The number of rotatable bonds is 6. The lowest BCUT2D eigenvalue weighted by Gasteiger charge is -2.10. The number of urea groups is 1. The minimum atomic E-state index is -0.790. The molecule has 0 spiro atoms. The summed E-state index contributed by atoms with van der Waals surface area (Å²) in [6.45, 7) is 0. The van der Waals surface area contributed by atoms with Gasteiger partial charge in [-0.2, -0.15) is 0 Å². The van der Waals surface area contributed by atoms with Crippen LogP contribution in [0.4, 0.5) is 10.5 Å². The predicted octanol–water partition coefficient (Wildman–Crippen LogP) is 5.27. The first-order valence-electron chi connectivity index (χ1n) is 11.1. The van der Waals surface area contributed by atoms with Crippen LogP contribution in [0.15, 0.2) is 81.6 Å². The number of nitrogens with one attached hydrogen (secondary N) is 2. The fourth-order valence-electron chi connectivity index (χ4n) is 4.10. The van der Waals surface area contributed by atoms with E-state index >= 15 is 0 Å². The number of nitrogens with two attached hydrogens (primary N) is 1. The Morgan fingerprint density at radius 3 is 2.47 bits per heavy atom. The van der Waals surface area contributed by atoms with Crippen molar-refractivity contribution in [1.82, 2.24) is 5.32 Å². The average Bonchev–Trinajstić information content (AvgIpc) is 3.44. The van der Waals surface area contributed by atoms with E-state index in [4.69, 9.17) is 26.8 Å². The highest BCUT2D eigenvalue weighted by molar-refractivity contribution is 7.80. The summed E-state index contributed by atoms with van der Waals surface area (Å²) in [5.41, 5.74) is 8.17. The highest BCUT2D eigenvalue weighted by atomic mass is 32.1. The van der Waals surface area contributed by atoms with E-state index in [-0.39, 0.29) is 22.4 Å². The lowest BCUT2D eigenvalue weighted by Crippen LogP contribution is -2.34. The molecule has 5 rings (SSSR count). The van der Waals surface area contributed by atoms with Gasteiger partial charge in [0.05, 0.1) is 5.39 Å².